The van der Waals surface area contributed by atoms with Crippen molar-refractivity contribution in [1.29, 1.82) is 0 Å². The molecule has 2 amide bonds. The second-order valence-electron chi connectivity index (χ2n) is 5.43. The number of hydrogen-bond acceptors (Lipinski definition) is 6. The number of ether oxygens (including phenoxy) is 1. The van der Waals surface area contributed by atoms with E-state index in [1.54, 1.807) is 6.92 Å². The number of anilines is 1. The van der Waals surface area contributed by atoms with E-state index in [0.29, 0.717) is 37.7 Å². The summed E-state index contributed by atoms with van der Waals surface area (Å²) in [5, 5.41) is 2.97. The molecule has 1 aliphatic heterocycles. The van der Waals surface area contributed by atoms with E-state index in [2.05, 4.69) is 10.3 Å². The van der Waals surface area contributed by atoms with Gasteiger partial charge in [0.05, 0.1) is 18.2 Å². The molecule has 2 rings (SSSR count). The van der Waals surface area contributed by atoms with Crippen molar-refractivity contribution >= 4 is 34.3 Å². The fraction of sp³-hybridized carbons (Fsp3) is 0.600. The molecular formula is C15H21N3O4S. The van der Waals surface area contributed by atoms with Crippen molar-refractivity contribution in [1.82, 2.24) is 9.88 Å². The number of hydrogen-bond donors (Lipinski definition) is 1. The zero-order valence-electron chi connectivity index (χ0n) is 13.5. The first kappa shape index (κ1) is 17.4. The molecule has 1 saturated heterocycles. The molecule has 126 valence electrons. The number of carbonyl (C=O) groups is 3. The lowest BCUT2D eigenvalue weighted by Gasteiger charge is -2.30. The van der Waals surface area contributed by atoms with Crippen LogP contribution in [0.5, 0.6) is 0 Å². The Hall–Kier alpha value is -1.96. The lowest BCUT2D eigenvalue weighted by Crippen LogP contribution is -2.45. The molecule has 23 heavy (non-hydrogen) atoms. The Bertz CT molecular complexity index is 586. The van der Waals surface area contributed by atoms with Crippen LogP contribution in [0.1, 0.15) is 30.3 Å². The normalized spacial score (nSPS) is 15.3. The highest BCUT2D eigenvalue weighted by Crippen LogP contribution is 2.22. The summed E-state index contributed by atoms with van der Waals surface area (Å²) in [4.78, 5) is 42.5. The lowest BCUT2D eigenvalue weighted by atomic mass is 9.97. The topological polar surface area (TPSA) is 88.6 Å². The minimum Gasteiger partial charge on any atom is -0.466 e. The maximum Gasteiger partial charge on any atom is 0.315 e. The van der Waals surface area contributed by atoms with E-state index in [9.17, 15) is 14.4 Å². The number of nitrogens with zero attached hydrogens (tertiary/aromatic N) is 2. The summed E-state index contributed by atoms with van der Waals surface area (Å²) in [6.45, 7) is 6.64. The van der Waals surface area contributed by atoms with Crippen LogP contribution in [-0.4, -0.2) is 47.4 Å². The number of likely N-dealkylation sites (tertiary alicyclic amines) is 1. The quantitative estimate of drug-likeness (QED) is 0.666. The van der Waals surface area contributed by atoms with Gasteiger partial charge in [0, 0.05) is 18.0 Å². The molecule has 2 heterocycles. The van der Waals surface area contributed by atoms with Gasteiger partial charge in [0.2, 0.25) is 0 Å². The van der Waals surface area contributed by atoms with E-state index in [-0.39, 0.29) is 11.9 Å². The Kier molecular flexibility index (Phi) is 5.70. The first-order chi connectivity index (χ1) is 10.9. The maximum atomic E-state index is 12.2. The fourth-order valence-electron chi connectivity index (χ4n) is 2.40. The van der Waals surface area contributed by atoms with Gasteiger partial charge in [0.25, 0.3) is 0 Å². The number of amides is 2. The molecule has 0 saturated carbocycles. The van der Waals surface area contributed by atoms with Crippen molar-refractivity contribution in [3.63, 3.8) is 0 Å². The van der Waals surface area contributed by atoms with Crippen molar-refractivity contribution in [2.24, 2.45) is 5.92 Å². The minimum absolute atomic E-state index is 0.189. The van der Waals surface area contributed by atoms with Crippen molar-refractivity contribution < 1.29 is 19.1 Å². The third-order valence-electron chi connectivity index (χ3n) is 3.85. The van der Waals surface area contributed by atoms with Gasteiger partial charge < -0.3 is 9.64 Å². The molecule has 1 aliphatic rings. The third-order valence-corrected chi connectivity index (χ3v) is 4.83. The van der Waals surface area contributed by atoms with Crippen LogP contribution in [0.3, 0.4) is 0 Å². The standard InChI is InChI=1S/C15H21N3O4S/c1-4-22-14(21)11-5-7-18(8-6-11)13(20)12(19)17-15-16-9(2)10(3)23-15/h11H,4-8H2,1-3H3,(H,16,17,19). The van der Waals surface area contributed by atoms with Crippen LogP contribution in [0.2, 0.25) is 0 Å². The molecule has 8 heteroatoms. The van der Waals surface area contributed by atoms with E-state index in [1.165, 1.54) is 16.2 Å². The highest BCUT2D eigenvalue weighted by Gasteiger charge is 2.31. The first-order valence-corrected chi connectivity index (χ1v) is 8.45. The van der Waals surface area contributed by atoms with Crippen molar-refractivity contribution in [2.45, 2.75) is 33.6 Å². The number of carbonyl (C=O) groups excluding carboxylic acids is 3. The van der Waals surface area contributed by atoms with E-state index in [1.807, 2.05) is 13.8 Å². The highest BCUT2D eigenvalue weighted by atomic mass is 32.1. The predicted molar refractivity (Wildman–Crippen MR) is 86.2 cm³/mol. The molecule has 0 bridgehead atoms. The molecule has 0 aliphatic carbocycles. The van der Waals surface area contributed by atoms with Gasteiger partial charge in [-0.05, 0) is 33.6 Å². The zero-order valence-corrected chi connectivity index (χ0v) is 14.4. The number of esters is 1. The molecule has 0 radical (unpaired) electrons. The molecule has 0 unspecified atom stereocenters. The monoisotopic (exact) mass is 339 g/mol. The fourth-order valence-corrected chi connectivity index (χ4v) is 3.21. The summed E-state index contributed by atoms with van der Waals surface area (Å²) in [7, 11) is 0. The van der Waals surface area contributed by atoms with E-state index in [0.717, 1.165) is 10.6 Å². The van der Waals surface area contributed by atoms with Crippen molar-refractivity contribution in [3.8, 4) is 0 Å². The van der Waals surface area contributed by atoms with Crippen molar-refractivity contribution in [2.75, 3.05) is 25.0 Å². The molecule has 7 nitrogen and oxygen atoms in total. The average Bonchev–Trinajstić information content (AvgIpc) is 2.84. The van der Waals surface area contributed by atoms with Gasteiger partial charge in [-0.2, -0.15) is 0 Å². The maximum absolute atomic E-state index is 12.2. The SMILES string of the molecule is CCOC(=O)C1CCN(C(=O)C(=O)Nc2nc(C)c(C)s2)CC1. The summed E-state index contributed by atoms with van der Waals surface area (Å²) < 4.78 is 4.99. The minimum atomic E-state index is -0.687. The number of thiazole rings is 1. The summed E-state index contributed by atoms with van der Waals surface area (Å²) in [6.07, 6.45) is 1.04. The summed E-state index contributed by atoms with van der Waals surface area (Å²) in [6, 6.07) is 0. The van der Waals surface area contributed by atoms with Gasteiger partial charge in [-0.1, -0.05) is 0 Å². The number of piperidine rings is 1. The number of aromatic nitrogens is 1. The number of nitrogens with one attached hydrogen (secondary N) is 1. The zero-order chi connectivity index (χ0) is 17.0. The van der Waals surface area contributed by atoms with E-state index < -0.39 is 11.8 Å². The predicted octanol–water partition coefficient (Wildman–Crippen LogP) is 1.50. The van der Waals surface area contributed by atoms with Gasteiger partial charge >= 0.3 is 17.8 Å². The summed E-state index contributed by atoms with van der Waals surface area (Å²) in [5.41, 5.74) is 0.841. The summed E-state index contributed by atoms with van der Waals surface area (Å²) in [5.74, 6) is -1.68. The Morgan fingerprint density at radius 3 is 2.48 bits per heavy atom. The van der Waals surface area contributed by atoms with Crippen LogP contribution in [-0.2, 0) is 19.1 Å². The Balaban J connectivity index is 1.86. The van der Waals surface area contributed by atoms with E-state index >= 15 is 0 Å². The van der Waals surface area contributed by atoms with E-state index in [4.69, 9.17) is 4.74 Å². The number of aryl methyl sites for hydroxylation is 2. The molecule has 0 spiro atoms. The van der Waals surface area contributed by atoms with Crippen LogP contribution in [0.15, 0.2) is 0 Å². The average molecular weight is 339 g/mol. The van der Waals surface area contributed by atoms with Crippen LogP contribution in [0, 0.1) is 19.8 Å². The van der Waals surface area contributed by atoms with Gasteiger partial charge in [0.15, 0.2) is 5.13 Å². The van der Waals surface area contributed by atoms with Crippen LogP contribution < -0.4 is 5.32 Å². The second-order valence-corrected chi connectivity index (χ2v) is 6.64. The molecule has 0 atom stereocenters. The van der Waals surface area contributed by atoms with Crippen LogP contribution in [0.25, 0.3) is 0 Å². The third kappa shape index (κ3) is 4.28. The van der Waals surface area contributed by atoms with Crippen LogP contribution in [0.4, 0.5) is 5.13 Å². The smallest absolute Gasteiger partial charge is 0.315 e. The Morgan fingerprint density at radius 2 is 1.96 bits per heavy atom. The first-order valence-electron chi connectivity index (χ1n) is 7.63. The van der Waals surface area contributed by atoms with Gasteiger partial charge in [0.1, 0.15) is 0 Å². The van der Waals surface area contributed by atoms with Gasteiger partial charge in [-0.25, -0.2) is 4.98 Å². The van der Waals surface area contributed by atoms with Crippen molar-refractivity contribution in [3.05, 3.63) is 10.6 Å². The Morgan fingerprint density at radius 1 is 1.30 bits per heavy atom. The number of rotatable bonds is 3. The van der Waals surface area contributed by atoms with Crippen LogP contribution >= 0.6 is 11.3 Å². The van der Waals surface area contributed by atoms with Gasteiger partial charge in [-0.15, -0.1) is 11.3 Å². The molecule has 1 fully saturated rings. The molecular weight excluding hydrogens is 318 g/mol. The molecule has 1 aromatic rings. The molecule has 0 aromatic carbocycles. The lowest BCUT2D eigenvalue weighted by molar-refractivity contribution is -0.152. The van der Waals surface area contributed by atoms with Gasteiger partial charge in [-0.3, -0.25) is 19.7 Å². The second kappa shape index (κ2) is 7.54. The molecule has 1 N–H and O–H groups in total. The summed E-state index contributed by atoms with van der Waals surface area (Å²) >= 11 is 1.34. The molecule has 1 aromatic heterocycles. The largest absolute Gasteiger partial charge is 0.466 e. The highest BCUT2D eigenvalue weighted by molar-refractivity contribution is 7.15. The Labute approximate surface area is 139 Å².